The molecule has 2 atom stereocenters. The number of carbonyl (C=O) groups excluding carboxylic acids is 2. The fourth-order valence-electron chi connectivity index (χ4n) is 3.69. The Bertz CT molecular complexity index is 628. The first-order valence-corrected chi connectivity index (χ1v) is 13.7. The van der Waals surface area contributed by atoms with Gasteiger partial charge in [-0.15, -0.1) is 0 Å². The van der Waals surface area contributed by atoms with Gasteiger partial charge in [-0.05, 0) is 32.1 Å². The summed E-state index contributed by atoms with van der Waals surface area (Å²) in [4.78, 5) is 35.6. The third-order valence-corrected chi connectivity index (χ3v) is 5.88. The van der Waals surface area contributed by atoms with Crippen LogP contribution in [0.5, 0.6) is 0 Å². The summed E-state index contributed by atoms with van der Waals surface area (Å²) >= 11 is 0. The number of carboxylic acids is 1. The molecule has 0 aromatic heterocycles. The van der Waals surface area contributed by atoms with Crippen LogP contribution in [0.4, 0.5) is 0 Å². The van der Waals surface area contributed by atoms with Gasteiger partial charge in [0.1, 0.15) is 6.61 Å². The van der Waals surface area contributed by atoms with Crippen molar-refractivity contribution >= 4 is 17.9 Å². The highest BCUT2D eigenvalue weighted by atomic mass is 16.6. The molecule has 0 aromatic rings. The normalized spacial score (nSPS) is 13.5. The summed E-state index contributed by atoms with van der Waals surface area (Å²) in [6.07, 6.45) is 15.4. The number of allylic oxidation sites excluding steroid dienone is 2. The molecule has 0 bridgehead atoms. The molecule has 1 N–H and O–H groups in total. The molecule has 0 fully saturated rings. The minimum Gasteiger partial charge on any atom is -0.477 e. The van der Waals surface area contributed by atoms with E-state index in [1.807, 2.05) is 28.1 Å². The third-order valence-electron chi connectivity index (χ3n) is 5.88. The summed E-state index contributed by atoms with van der Waals surface area (Å²) in [5, 5.41) is 9.43. The van der Waals surface area contributed by atoms with E-state index < -0.39 is 18.1 Å². The van der Waals surface area contributed by atoms with Crippen molar-refractivity contribution in [3.05, 3.63) is 12.2 Å². The lowest BCUT2D eigenvalue weighted by atomic mass is 10.1. The first-order chi connectivity index (χ1) is 17.1. The number of ether oxygens (including phenoxy) is 3. The van der Waals surface area contributed by atoms with Crippen molar-refractivity contribution in [2.75, 3.05) is 41.0 Å². The monoisotopic (exact) mass is 514 g/mol. The van der Waals surface area contributed by atoms with Crippen LogP contribution in [-0.2, 0) is 28.6 Å². The van der Waals surface area contributed by atoms with Crippen molar-refractivity contribution in [2.24, 2.45) is 0 Å². The Hall–Kier alpha value is -1.93. The maximum absolute atomic E-state index is 12.3. The average Bonchev–Trinajstić information content (AvgIpc) is 2.79. The predicted molar refractivity (Wildman–Crippen MR) is 142 cm³/mol. The lowest BCUT2D eigenvalue weighted by Crippen LogP contribution is -2.50. The van der Waals surface area contributed by atoms with E-state index in [9.17, 15) is 19.5 Å². The van der Waals surface area contributed by atoms with Crippen molar-refractivity contribution in [3.63, 3.8) is 0 Å². The van der Waals surface area contributed by atoms with Crippen molar-refractivity contribution in [1.29, 1.82) is 0 Å². The minimum atomic E-state index is -0.883. The second-order valence-electron chi connectivity index (χ2n) is 10.3. The van der Waals surface area contributed by atoms with E-state index in [-0.39, 0.29) is 36.2 Å². The number of quaternary nitrogens is 1. The maximum Gasteiger partial charge on any atom is 0.362 e. The minimum absolute atomic E-state index is 0.0560. The molecule has 210 valence electrons. The van der Waals surface area contributed by atoms with Gasteiger partial charge in [-0.25, -0.2) is 4.79 Å². The second kappa shape index (κ2) is 21.2. The van der Waals surface area contributed by atoms with E-state index in [0.717, 1.165) is 32.1 Å². The van der Waals surface area contributed by atoms with Crippen molar-refractivity contribution < 1.29 is 38.2 Å². The van der Waals surface area contributed by atoms with Crippen molar-refractivity contribution in [3.8, 4) is 0 Å². The average molecular weight is 515 g/mol. The van der Waals surface area contributed by atoms with Crippen LogP contribution in [0.25, 0.3) is 0 Å². The Balaban J connectivity index is 4.35. The summed E-state index contributed by atoms with van der Waals surface area (Å²) in [6, 6.07) is -0.606. The van der Waals surface area contributed by atoms with Gasteiger partial charge in [-0.1, -0.05) is 58.1 Å². The van der Waals surface area contributed by atoms with Gasteiger partial charge >= 0.3 is 17.9 Å². The van der Waals surface area contributed by atoms with E-state index in [1.165, 1.54) is 25.7 Å². The molecule has 2 unspecified atom stereocenters. The number of hydrogen-bond acceptors (Lipinski definition) is 6. The zero-order chi connectivity index (χ0) is 27.2. The molecule has 0 aliphatic rings. The van der Waals surface area contributed by atoms with Crippen LogP contribution in [0.1, 0.15) is 97.3 Å². The number of aliphatic carboxylic acids is 1. The fraction of sp³-hybridized carbons (Fsp3) is 0.821. The first kappa shape index (κ1) is 34.1. The van der Waals surface area contributed by atoms with Crippen molar-refractivity contribution in [1.82, 2.24) is 0 Å². The Morgan fingerprint density at radius 1 is 0.806 bits per heavy atom. The number of nitrogens with zero attached hydrogens (tertiary/aromatic N) is 1. The van der Waals surface area contributed by atoms with Gasteiger partial charge in [0.2, 0.25) is 0 Å². The highest BCUT2D eigenvalue weighted by Gasteiger charge is 2.31. The lowest BCUT2D eigenvalue weighted by molar-refractivity contribution is -0.887. The molecule has 0 saturated heterocycles. The van der Waals surface area contributed by atoms with E-state index in [4.69, 9.17) is 14.2 Å². The third kappa shape index (κ3) is 19.3. The van der Waals surface area contributed by atoms with Crippen LogP contribution in [0.3, 0.4) is 0 Å². The van der Waals surface area contributed by atoms with Gasteiger partial charge in [0, 0.05) is 19.3 Å². The molecule has 0 spiro atoms. The zero-order valence-electron chi connectivity index (χ0n) is 23.5. The number of rotatable bonds is 23. The molecule has 36 heavy (non-hydrogen) atoms. The number of carbonyl (C=O) groups is 3. The molecule has 8 heteroatoms. The first-order valence-electron chi connectivity index (χ1n) is 13.7. The van der Waals surface area contributed by atoms with E-state index in [2.05, 4.69) is 19.1 Å². The van der Waals surface area contributed by atoms with Gasteiger partial charge in [0.15, 0.2) is 12.1 Å². The number of carboxylic acid groups (broad SMARTS) is 1. The summed E-state index contributed by atoms with van der Waals surface area (Å²) in [6.45, 7) is 4.29. The summed E-state index contributed by atoms with van der Waals surface area (Å²) < 4.78 is 16.7. The molecule has 0 radical (unpaired) electrons. The smallest absolute Gasteiger partial charge is 0.362 e. The molecule has 0 aromatic carbocycles. The van der Waals surface area contributed by atoms with E-state index in [0.29, 0.717) is 25.7 Å². The van der Waals surface area contributed by atoms with Crippen LogP contribution in [-0.4, -0.2) is 80.6 Å². The fourth-order valence-corrected chi connectivity index (χ4v) is 3.69. The Kier molecular flexibility index (Phi) is 20.0. The Labute approximate surface area is 218 Å². The van der Waals surface area contributed by atoms with Gasteiger partial charge in [0.25, 0.3) is 0 Å². The molecule has 0 aliphatic carbocycles. The number of unbranched alkanes of at least 4 members (excludes halogenated alkanes) is 7. The number of hydrogen-bond donors (Lipinski definition) is 1. The molecule has 0 aliphatic heterocycles. The molecule has 0 saturated carbocycles. The van der Waals surface area contributed by atoms with Crippen LogP contribution >= 0.6 is 0 Å². The zero-order valence-corrected chi connectivity index (χ0v) is 23.5. The summed E-state index contributed by atoms with van der Waals surface area (Å²) in [5.74, 6) is -1.55. The van der Waals surface area contributed by atoms with Gasteiger partial charge in [-0.2, -0.15) is 0 Å². The molecular formula is C28H52NO7+. The molecule has 0 amide bonds. The standard InChI is InChI=1S/C28H51NO7/c1-6-8-9-10-11-12-13-14-15-16-17-19-27(31)36-24(23-35-26(30)18-7-2)22-34-21-20-25(28(32)33)29(3,4)5/h10-11,24-25H,6-9,12-23H2,1-5H3/p+1/b11-10-. The van der Waals surface area contributed by atoms with E-state index in [1.54, 1.807) is 0 Å². The Morgan fingerprint density at radius 2 is 1.44 bits per heavy atom. The highest BCUT2D eigenvalue weighted by Crippen LogP contribution is 2.11. The quantitative estimate of drug-likeness (QED) is 0.0856. The van der Waals surface area contributed by atoms with Crippen LogP contribution in [0.15, 0.2) is 12.2 Å². The van der Waals surface area contributed by atoms with Gasteiger partial charge < -0.3 is 23.8 Å². The van der Waals surface area contributed by atoms with E-state index >= 15 is 0 Å². The predicted octanol–water partition coefficient (Wildman–Crippen LogP) is 5.28. The lowest BCUT2D eigenvalue weighted by Gasteiger charge is -2.31. The van der Waals surface area contributed by atoms with Gasteiger partial charge in [0.05, 0.1) is 34.4 Å². The van der Waals surface area contributed by atoms with Crippen molar-refractivity contribution in [2.45, 2.75) is 109 Å². The van der Waals surface area contributed by atoms with Gasteiger partial charge in [-0.3, -0.25) is 9.59 Å². The largest absolute Gasteiger partial charge is 0.477 e. The maximum atomic E-state index is 12.3. The Morgan fingerprint density at radius 3 is 2.06 bits per heavy atom. The number of likely N-dealkylation sites (N-methyl/N-ethyl adjacent to an activating group) is 1. The molecule has 0 heterocycles. The molecule has 0 rings (SSSR count). The molecular weight excluding hydrogens is 462 g/mol. The number of esters is 2. The second-order valence-corrected chi connectivity index (χ2v) is 10.3. The topological polar surface area (TPSA) is 99.1 Å². The molecule has 8 nitrogen and oxygen atoms in total. The van der Waals surface area contributed by atoms with Crippen LogP contribution in [0.2, 0.25) is 0 Å². The summed E-state index contributed by atoms with van der Waals surface area (Å²) in [7, 11) is 5.47. The van der Waals surface area contributed by atoms with Crippen LogP contribution in [0, 0.1) is 0 Å². The highest BCUT2D eigenvalue weighted by molar-refractivity contribution is 5.72. The van der Waals surface area contributed by atoms with Crippen LogP contribution < -0.4 is 0 Å². The summed E-state index contributed by atoms with van der Waals surface area (Å²) in [5.41, 5.74) is 0. The SMILES string of the molecule is CCCC/C=C\CCCCCCCC(=O)OC(COCCC(C(=O)O)[N+](C)(C)C)COC(=O)CCC.